The van der Waals surface area contributed by atoms with E-state index in [9.17, 15) is 9.18 Å². The van der Waals surface area contributed by atoms with Crippen molar-refractivity contribution in [1.29, 1.82) is 0 Å². The van der Waals surface area contributed by atoms with E-state index in [1.165, 1.54) is 17.0 Å². The van der Waals surface area contributed by atoms with E-state index < -0.39 is 11.7 Å². The fourth-order valence-corrected chi connectivity index (χ4v) is 1.31. The van der Waals surface area contributed by atoms with Crippen LogP contribution in [0, 0.1) is 12.7 Å². The van der Waals surface area contributed by atoms with Crippen LogP contribution in [0.4, 0.5) is 4.39 Å². The molecular formula is C12H16FNO2. The number of halogens is 1. The van der Waals surface area contributed by atoms with Crippen molar-refractivity contribution in [3.63, 3.8) is 0 Å². The summed E-state index contributed by atoms with van der Waals surface area (Å²) in [6.45, 7) is 3.32. The third kappa shape index (κ3) is 2.58. The van der Waals surface area contributed by atoms with E-state index in [0.29, 0.717) is 0 Å². The molecule has 0 aliphatic carbocycles. The number of likely N-dealkylation sites (N-methyl/N-ethyl adjacent to an activating group) is 1. The summed E-state index contributed by atoms with van der Waals surface area (Å²) in [6.07, 6.45) is 0. The van der Waals surface area contributed by atoms with Gasteiger partial charge in [-0.1, -0.05) is 6.07 Å². The fraction of sp³-hybridized carbons (Fsp3) is 0.417. The summed E-state index contributed by atoms with van der Waals surface area (Å²) in [4.78, 5) is 13.2. The molecule has 0 saturated carbocycles. The van der Waals surface area contributed by atoms with Crippen molar-refractivity contribution in [2.45, 2.75) is 19.9 Å². The molecule has 1 aromatic carbocycles. The maximum Gasteiger partial charge on any atom is 0.256 e. The Morgan fingerprint density at radius 1 is 1.56 bits per heavy atom. The average molecular weight is 225 g/mol. The molecule has 1 unspecified atom stereocenters. The Kier molecular flexibility index (Phi) is 4.01. The molecule has 0 radical (unpaired) electrons. The van der Waals surface area contributed by atoms with Gasteiger partial charge in [0, 0.05) is 7.05 Å². The van der Waals surface area contributed by atoms with Crippen LogP contribution in [0.3, 0.4) is 0 Å². The number of hydrogen-bond donors (Lipinski definition) is 1. The molecule has 4 heteroatoms. The van der Waals surface area contributed by atoms with Crippen molar-refractivity contribution in [2.75, 3.05) is 13.7 Å². The third-order valence-electron chi connectivity index (χ3n) is 2.60. The summed E-state index contributed by atoms with van der Waals surface area (Å²) in [5, 5.41) is 8.93. The van der Waals surface area contributed by atoms with Crippen LogP contribution in [-0.2, 0) is 0 Å². The smallest absolute Gasteiger partial charge is 0.256 e. The topological polar surface area (TPSA) is 40.5 Å². The van der Waals surface area contributed by atoms with Gasteiger partial charge in [-0.25, -0.2) is 4.39 Å². The van der Waals surface area contributed by atoms with Gasteiger partial charge in [0.25, 0.3) is 5.91 Å². The number of nitrogens with zero attached hydrogens (tertiary/aromatic N) is 1. The van der Waals surface area contributed by atoms with Gasteiger partial charge in [0.15, 0.2) is 0 Å². The molecule has 3 nitrogen and oxygen atoms in total. The monoisotopic (exact) mass is 225 g/mol. The van der Waals surface area contributed by atoms with E-state index in [2.05, 4.69) is 0 Å². The molecule has 0 aliphatic rings. The van der Waals surface area contributed by atoms with Gasteiger partial charge in [-0.05, 0) is 31.5 Å². The van der Waals surface area contributed by atoms with Gasteiger partial charge >= 0.3 is 0 Å². The van der Waals surface area contributed by atoms with E-state index in [0.717, 1.165) is 5.56 Å². The number of benzene rings is 1. The highest BCUT2D eigenvalue weighted by molar-refractivity contribution is 5.94. The first-order valence-corrected chi connectivity index (χ1v) is 5.11. The molecule has 16 heavy (non-hydrogen) atoms. The van der Waals surface area contributed by atoms with Crippen LogP contribution in [0.15, 0.2) is 18.2 Å². The lowest BCUT2D eigenvalue weighted by molar-refractivity contribution is 0.0677. The van der Waals surface area contributed by atoms with Crippen molar-refractivity contribution >= 4 is 5.91 Å². The summed E-state index contributed by atoms with van der Waals surface area (Å²) in [5.41, 5.74) is 0.806. The number of carbonyl (C=O) groups is 1. The lowest BCUT2D eigenvalue weighted by atomic mass is 10.1. The van der Waals surface area contributed by atoms with Gasteiger partial charge < -0.3 is 10.0 Å². The molecule has 0 aliphatic heterocycles. The Hall–Kier alpha value is -1.42. The molecule has 88 valence electrons. The van der Waals surface area contributed by atoms with Crippen LogP contribution >= 0.6 is 0 Å². The second kappa shape index (κ2) is 5.07. The first-order chi connectivity index (χ1) is 7.47. The Balaban J connectivity index is 2.96. The summed E-state index contributed by atoms with van der Waals surface area (Å²) < 4.78 is 13.5. The first kappa shape index (κ1) is 12.6. The Morgan fingerprint density at radius 3 is 2.69 bits per heavy atom. The zero-order valence-corrected chi connectivity index (χ0v) is 9.70. The first-order valence-electron chi connectivity index (χ1n) is 5.11. The van der Waals surface area contributed by atoms with Gasteiger partial charge in [0.1, 0.15) is 5.82 Å². The normalized spacial score (nSPS) is 12.3. The average Bonchev–Trinajstić information content (AvgIpc) is 2.26. The third-order valence-corrected chi connectivity index (χ3v) is 2.60. The summed E-state index contributed by atoms with van der Waals surface area (Å²) >= 11 is 0. The minimum atomic E-state index is -0.526. The molecule has 1 aromatic rings. The van der Waals surface area contributed by atoms with Crippen LogP contribution in [0.5, 0.6) is 0 Å². The maximum absolute atomic E-state index is 13.5. The molecule has 0 heterocycles. The van der Waals surface area contributed by atoms with Gasteiger partial charge in [0.05, 0.1) is 18.2 Å². The van der Waals surface area contributed by atoms with Gasteiger partial charge in [0.2, 0.25) is 0 Å². The quantitative estimate of drug-likeness (QED) is 0.848. The van der Waals surface area contributed by atoms with Crippen LogP contribution < -0.4 is 0 Å². The van der Waals surface area contributed by atoms with Crippen LogP contribution in [0.25, 0.3) is 0 Å². The molecule has 0 bridgehead atoms. The molecule has 1 amide bonds. The molecule has 0 aromatic heterocycles. The van der Waals surface area contributed by atoms with E-state index in [1.807, 2.05) is 0 Å². The number of carbonyl (C=O) groups excluding carboxylic acids is 1. The maximum atomic E-state index is 13.5. The number of amides is 1. The minimum absolute atomic E-state index is 0.0356. The van der Waals surface area contributed by atoms with Crippen LogP contribution in [0.1, 0.15) is 22.8 Å². The highest BCUT2D eigenvalue weighted by atomic mass is 19.1. The van der Waals surface area contributed by atoms with Gasteiger partial charge in [-0.2, -0.15) is 0 Å². The summed E-state index contributed by atoms with van der Waals surface area (Å²) in [5.74, 6) is -0.943. The number of hydrogen-bond acceptors (Lipinski definition) is 2. The SMILES string of the molecule is Cc1ccc(C(=O)N(C)C(C)CO)c(F)c1. The lowest BCUT2D eigenvalue weighted by Crippen LogP contribution is -2.37. The van der Waals surface area contributed by atoms with E-state index >= 15 is 0 Å². The Bertz CT molecular complexity index is 393. The highest BCUT2D eigenvalue weighted by Gasteiger charge is 2.19. The van der Waals surface area contributed by atoms with Crippen molar-refractivity contribution < 1.29 is 14.3 Å². The predicted molar refractivity (Wildman–Crippen MR) is 59.8 cm³/mol. The highest BCUT2D eigenvalue weighted by Crippen LogP contribution is 2.13. The zero-order valence-electron chi connectivity index (χ0n) is 9.70. The minimum Gasteiger partial charge on any atom is -0.394 e. The molecule has 0 saturated heterocycles. The van der Waals surface area contributed by atoms with Crippen LogP contribution in [0.2, 0.25) is 0 Å². The van der Waals surface area contributed by atoms with Gasteiger partial charge in [-0.3, -0.25) is 4.79 Å². The number of aryl methyl sites for hydroxylation is 1. The number of aliphatic hydroxyl groups is 1. The zero-order chi connectivity index (χ0) is 12.3. The lowest BCUT2D eigenvalue weighted by Gasteiger charge is -2.23. The van der Waals surface area contributed by atoms with E-state index in [1.54, 1.807) is 27.0 Å². The van der Waals surface area contributed by atoms with Crippen molar-refractivity contribution in [3.05, 3.63) is 35.1 Å². The summed E-state index contributed by atoms with van der Waals surface area (Å²) in [7, 11) is 1.54. The second-order valence-corrected chi connectivity index (χ2v) is 3.93. The number of rotatable bonds is 3. The Labute approximate surface area is 94.5 Å². The molecule has 1 atom stereocenters. The fourth-order valence-electron chi connectivity index (χ4n) is 1.31. The van der Waals surface area contributed by atoms with Crippen molar-refractivity contribution in [3.8, 4) is 0 Å². The summed E-state index contributed by atoms with van der Waals surface area (Å²) in [6, 6.07) is 4.15. The standard InChI is InChI=1S/C12H16FNO2/c1-8-4-5-10(11(13)6-8)12(16)14(3)9(2)7-15/h4-6,9,15H,7H2,1-3H3. The van der Waals surface area contributed by atoms with Crippen molar-refractivity contribution in [1.82, 2.24) is 4.90 Å². The molecule has 0 fully saturated rings. The predicted octanol–water partition coefficient (Wildman–Crippen LogP) is 1.59. The van der Waals surface area contributed by atoms with Crippen LogP contribution in [-0.4, -0.2) is 35.6 Å². The van der Waals surface area contributed by atoms with Crippen molar-refractivity contribution in [2.24, 2.45) is 0 Å². The Morgan fingerprint density at radius 2 is 2.19 bits per heavy atom. The second-order valence-electron chi connectivity index (χ2n) is 3.93. The van der Waals surface area contributed by atoms with Gasteiger partial charge in [-0.15, -0.1) is 0 Å². The molecule has 0 spiro atoms. The molecule has 1 N–H and O–H groups in total. The number of aliphatic hydroxyl groups excluding tert-OH is 1. The van der Waals surface area contributed by atoms with E-state index in [4.69, 9.17) is 5.11 Å². The molecular weight excluding hydrogens is 209 g/mol. The van der Waals surface area contributed by atoms with E-state index in [-0.39, 0.29) is 18.2 Å². The largest absolute Gasteiger partial charge is 0.394 e. The molecule has 1 rings (SSSR count).